The summed E-state index contributed by atoms with van der Waals surface area (Å²) in [5.41, 5.74) is 4.73. The summed E-state index contributed by atoms with van der Waals surface area (Å²) in [5, 5.41) is 2.91. The molecule has 0 saturated carbocycles. The van der Waals surface area contributed by atoms with Crippen LogP contribution in [0.1, 0.15) is 13.3 Å². The molecule has 1 amide bonds. The molecule has 0 fully saturated rings. The lowest BCUT2D eigenvalue weighted by Gasteiger charge is -2.11. The Morgan fingerprint density at radius 3 is 2.46 bits per heavy atom. The molecule has 0 atom stereocenters. The average Bonchev–Trinajstić information content (AvgIpc) is 3.11. The maximum absolute atomic E-state index is 12.0. The van der Waals surface area contributed by atoms with Crippen LogP contribution in [0.15, 0.2) is 67.0 Å². The number of pyridine rings is 1. The Balaban J connectivity index is 1.90. The molecule has 4 aromatic rings. The van der Waals surface area contributed by atoms with Crippen molar-refractivity contribution in [1.29, 1.82) is 0 Å². The van der Waals surface area contributed by atoms with Gasteiger partial charge in [0.05, 0.1) is 18.1 Å². The SMILES string of the molecule is CCC(=O)Nc1nc2ccc(-c3ccncc3)cc2n1-c1ccc(OC)cc1. The summed E-state index contributed by atoms with van der Waals surface area (Å²) in [6, 6.07) is 17.7. The maximum atomic E-state index is 12.0. The highest BCUT2D eigenvalue weighted by atomic mass is 16.5. The number of carbonyl (C=O) groups excluding carboxylic acids is 1. The van der Waals surface area contributed by atoms with Crippen LogP contribution in [0, 0.1) is 0 Å². The monoisotopic (exact) mass is 372 g/mol. The Morgan fingerprint density at radius 1 is 1.04 bits per heavy atom. The lowest BCUT2D eigenvalue weighted by Crippen LogP contribution is -2.13. The molecule has 28 heavy (non-hydrogen) atoms. The van der Waals surface area contributed by atoms with E-state index in [1.807, 2.05) is 60.0 Å². The van der Waals surface area contributed by atoms with Gasteiger partial charge in [-0.3, -0.25) is 19.7 Å². The van der Waals surface area contributed by atoms with Gasteiger partial charge in [0, 0.05) is 24.5 Å². The zero-order valence-corrected chi connectivity index (χ0v) is 15.7. The normalized spacial score (nSPS) is 10.8. The lowest BCUT2D eigenvalue weighted by atomic mass is 10.1. The molecule has 0 radical (unpaired) electrons. The summed E-state index contributed by atoms with van der Waals surface area (Å²) in [5.74, 6) is 1.18. The van der Waals surface area contributed by atoms with Gasteiger partial charge in [-0.1, -0.05) is 13.0 Å². The van der Waals surface area contributed by atoms with Gasteiger partial charge in [-0.2, -0.15) is 0 Å². The molecule has 6 nitrogen and oxygen atoms in total. The van der Waals surface area contributed by atoms with Crippen molar-refractivity contribution in [3.05, 3.63) is 67.0 Å². The summed E-state index contributed by atoms with van der Waals surface area (Å²) in [4.78, 5) is 20.8. The molecule has 140 valence electrons. The quantitative estimate of drug-likeness (QED) is 0.562. The molecule has 6 heteroatoms. The van der Waals surface area contributed by atoms with Crippen molar-refractivity contribution < 1.29 is 9.53 Å². The van der Waals surface area contributed by atoms with Gasteiger partial charge in [0.2, 0.25) is 11.9 Å². The summed E-state index contributed by atoms with van der Waals surface area (Å²) in [6.07, 6.45) is 3.93. The third kappa shape index (κ3) is 3.32. The number of anilines is 1. The predicted octanol–water partition coefficient (Wildman–Crippen LogP) is 4.44. The fraction of sp³-hybridized carbons (Fsp3) is 0.136. The molecule has 1 N–H and O–H groups in total. The minimum atomic E-state index is -0.0839. The van der Waals surface area contributed by atoms with Crippen LogP contribution in [0.4, 0.5) is 5.95 Å². The highest BCUT2D eigenvalue weighted by molar-refractivity contribution is 5.93. The first kappa shape index (κ1) is 17.7. The number of hydrogen-bond acceptors (Lipinski definition) is 4. The zero-order valence-electron chi connectivity index (χ0n) is 15.7. The number of nitrogens with one attached hydrogen (secondary N) is 1. The van der Waals surface area contributed by atoms with Gasteiger partial charge in [-0.05, 0) is 59.7 Å². The smallest absolute Gasteiger partial charge is 0.226 e. The van der Waals surface area contributed by atoms with Crippen molar-refractivity contribution in [3.63, 3.8) is 0 Å². The number of benzene rings is 2. The number of aromatic nitrogens is 3. The molecule has 0 aliphatic rings. The van der Waals surface area contributed by atoms with E-state index in [9.17, 15) is 4.79 Å². The van der Waals surface area contributed by atoms with Gasteiger partial charge >= 0.3 is 0 Å². The van der Waals surface area contributed by atoms with E-state index < -0.39 is 0 Å². The van der Waals surface area contributed by atoms with Gasteiger partial charge in [0.25, 0.3) is 0 Å². The first-order valence-corrected chi connectivity index (χ1v) is 9.07. The number of rotatable bonds is 5. The fourth-order valence-corrected chi connectivity index (χ4v) is 3.09. The summed E-state index contributed by atoms with van der Waals surface area (Å²) in [7, 11) is 1.63. The standard InChI is InChI=1S/C22H20N4O2/c1-3-21(27)25-22-24-19-9-4-16(15-10-12-23-13-11-15)14-20(19)26(22)17-5-7-18(28-2)8-6-17/h4-14H,3H2,1-2H3,(H,24,25,27). The number of ether oxygens (including phenoxy) is 1. The molecule has 2 aromatic heterocycles. The largest absolute Gasteiger partial charge is 0.497 e. The molecular weight excluding hydrogens is 352 g/mol. The molecule has 2 heterocycles. The topological polar surface area (TPSA) is 69.0 Å². The minimum Gasteiger partial charge on any atom is -0.497 e. The summed E-state index contributed by atoms with van der Waals surface area (Å²) in [6.45, 7) is 1.82. The van der Waals surface area contributed by atoms with E-state index in [1.54, 1.807) is 19.5 Å². The molecule has 4 rings (SSSR count). The fourth-order valence-electron chi connectivity index (χ4n) is 3.09. The van der Waals surface area contributed by atoms with Gasteiger partial charge in [-0.15, -0.1) is 0 Å². The number of imidazole rings is 1. The Hall–Kier alpha value is -3.67. The summed E-state index contributed by atoms with van der Waals surface area (Å²) < 4.78 is 7.21. The van der Waals surface area contributed by atoms with Gasteiger partial charge in [-0.25, -0.2) is 4.98 Å². The number of fused-ring (bicyclic) bond motifs is 1. The van der Waals surface area contributed by atoms with Gasteiger partial charge < -0.3 is 4.74 Å². The lowest BCUT2D eigenvalue weighted by molar-refractivity contribution is -0.115. The minimum absolute atomic E-state index is 0.0839. The highest BCUT2D eigenvalue weighted by Crippen LogP contribution is 2.30. The van der Waals surface area contributed by atoms with Crippen LogP contribution in [0.5, 0.6) is 5.75 Å². The Bertz CT molecular complexity index is 1120. The number of carbonyl (C=O) groups is 1. The van der Waals surface area contributed by atoms with E-state index >= 15 is 0 Å². The molecular formula is C22H20N4O2. The van der Waals surface area contributed by atoms with E-state index in [1.165, 1.54) is 0 Å². The second-order valence-electron chi connectivity index (χ2n) is 6.31. The Kier molecular flexibility index (Phi) is 4.76. The van der Waals surface area contributed by atoms with Crippen molar-refractivity contribution >= 4 is 22.9 Å². The number of hydrogen-bond donors (Lipinski definition) is 1. The van der Waals surface area contributed by atoms with Crippen molar-refractivity contribution in [2.24, 2.45) is 0 Å². The van der Waals surface area contributed by atoms with Crippen LogP contribution in [-0.2, 0) is 4.79 Å². The second-order valence-corrected chi connectivity index (χ2v) is 6.31. The van der Waals surface area contributed by atoms with E-state index in [0.29, 0.717) is 12.4 Å². The third-order valence-corrected chi connectivity index (χ3v) is 4.57. The van der Waals surface area contributed by atoms with Gasteiger partial charge in [0.15, 0.2) is 0 Å². The molecule has 2 aromatic carbocycles. The van der Waals surface area contributed by atoms with Crippen LogP contribution < -0.4 is 10.1 Å². The predicted molar refractivity (Wildman–Crippen MR) is 110 cm³/mol. The van der Waals surface area contributed by atoms with E-state index in [-0.39, 0.29) is 5.91 Å². The molecule has 0 aliphatic heterocycles. The maximum Gasteiger partial charge on any atom is 0.226 e. The first-order chi connectivity index (χ1) is 13.7. The Morgan fingerprint density at radius 2 is 1.79 bits per heavy atom. The molecule has 0 aliphatic carbocycles. The van der Waals surface area contributed by atoms with Crippen molar-refractivity contribution in [1.82, 2.24) is 14.5 Å². The molecule has 0 saturated heterocycles. The second kappa shape index (κ2) is 7.52. The van der Waals surface area contributed by atoms with Gasteiger partial charge in [0.1, 0.15) is 5.75 Å². The molecule has 0 unspecified atom stereocenters. The van der Waals surface area contributed by atoms with Crippen molar-refractivity contribution in [3.8, 4) is 22.6 Å². The van der Waals surface area contributed by atoms with Crippen molar-refractivity contribution in [2.45, 2.75) is 13.3 Å². The summed E-state index contributed by atoms with van der Waals surface area (Å²) >= 11 is 0. The Labute approximate surface area is 162 Å². The van der Waals surface area contributed by atoms with Crippen molar-refractivity contribution in [2.75, 3.05) is 12.4 Å². The van der Waals surface area contributed by atoms with Crippen LogP contribution in [0.3, 0.4) is 0 Å². The average molecular weight is 372 g/mol. The van der Waals surface area contributed by atoms with Crippen LogP contribution in [0.25, 0.3) is 27.8 Å². The van der Waals surface area contributed by atoms with Crippen LogP contribution in [0.2, 0.25) is 0 Å². The third-order valence-electron chi connectivity index (χ3n) is 4.57. The van der Waals surface area contributed by atoms with Crippen LogP contribution >= 0.6 is 0 Å². The molecule has 0 bridgehead atoms. The highest BCUT2D eigenvalue weighted by Gasteiger charge is 2.15. The number of nitrogens with zero attached hydrogens (tertiary/aromatic N) is 3. The van der Waals surface area contributed by atoms with E-state index in [4.69, 9.17) is 4.74 Å². The number of amides is 1. The zero-order chi connectivity index (χ0) is 19.5. The first-order valence-electron chi connectivity index (χ1n) is 9.07. The van der Waals surface area contributed by atoms with Crippen LogP contribution in [-0.4, -0.2) is 27.6 Å². The molecule has 0 spiro atoms. The van der Waals surface area contributed by atoms with E-state index in [2.05, 4.69) is 21.4 Å². The van der Waals surface area contributed by atoms with E-state index in [0.717, 1.165) is 33.6 Å². The number of methoxy groups -OCH3 is 1.